The Balaban J connectivity index is 1.86. The molecule has 2 aromatic rings. The van der Waals surface area contributed by atoms with Crippen LogP contribution in [0.1, 0.15) is 22.8 Å². The largest absolute Gasteiger partial charge is 0.494 e. The van der Waals surface area contributed by atoms with Crippen LogP contribution in [0.2, 0.25) is 0 Å². The van der Waals surface area contributed by atoms with Crippen molar-refractivity contribution in [3.63, 3.8) is 0 Å². The predicted octanol–water partition coefficient (Wildman–Crippen LogP) is 4.20. The molecule has 1 amide bonds. The highest BCUT2D eigenvalue weighted by molar-refractivity contribution is 8.04. The number of carbonyl (C=O) groups is 2. The lowest BCUT2D eigenvalue weighted by molar-refractivity contribution is -0.112. The summed E-state index contributed by atoms with van der Waals surface area (Å²) in [5.41, 5.74) is 2.38. The van der Waals surface area contributed by atoms with Crippen LogP contribution in [0.4, 0.5) is 5.69 Å². The van der Waals surface area contributed by atoms with Crippen LogP contribution in [0.25, 0.3) is 0 Å². The number of aryl methyl sites for hydroxylation is 1. The van der Waals surface area contributed by atoms with Crippen molar-refractivity contribution in [1.82, 2.24) is 0 Å². The maximum atomic E-state index is 12.4. The van der Waals surface area contributed by atoms with Gasteiger partial charge in [0.05, 0.1) is 17.2 Å². The number of allylic oxidation sites excluding steroid dienone is 1. The van der Waals surface area contributed by atoms with Crippen molar-refractivity contribution in [2.45, 2.75) is 18.7 Å². The van der Waals surface area contributed by atoms with E-state index >= 15 is 0 Å². The first kappa shape index (κ1) is 16.3. The topological polar surface area (TPSA) is 55.4 Å². The second-order valence-corrected chi connectivity index (χ2v) is 6.47. The number of fused-ring (bicyclic) bond motifs is 1. The van der Waals surface area contributed by atoms with Gasteiger partial charge in [0.2, 0.25) is 0 Å². The molecule has 0 spiro atoms. The lowest BCUT2D eigenvalue weighted by Crippen LogP contribution is -2.18. The van der Waals surface area contributed by atoms with Gasteiger partial charge in [-0.25, -0.2) is 0 Å². The molecule has 0 atom stereocenters. The number of nitrogens with one attached hydrogen (secondary N) is 1. The van der Waals surface area contributed by atoms with Crippen molar-refractivity contribution in [3.05, 3.63) is 64.6 Å². The molecule has 0 saturated carbocycles. The fraction of sp³-hybridized carbons (Fsp3) is 0.158. The molecule has 0 bridgehead atoms. The van der Waals surface area contributed by atoms with Crippen LogP contribution in [0.5, 0.6) is 5.75 Å². The standard InChI is InChI=1S/C19H17NO3S/c1-3-23-14-8-9-15-17(10-14)24-18(19(22)20-15)11-16(21)13-6-4-12(2)5-7-13/h4-11H,3H2,1-2H3,(H,20,22)/b18-11-. The van der Waals surface area contributed by atoms with Crippen LogP contribution in [-0.4, -0.2) is 18.3 Å². The average molecular weight is 339 g/mol. The number of ketones is 1. The lowest BCUT2D eigenvalue weighted by Gasteiger charge is -2.19. The number of amides is 1. The summed E-state index contributed by atoms with van der Waals surface area (Å²) in [6, 6.07) is 12.8. The molecule has 0 unspecified atom stereocenters. The van der Waals surface area contributed by atoms with Gasteiger partial charge in [-0.05, 0) is 32.0 Å². The minimum Gasteiger partial charge on any atom is -0.494 e. The summed E-state index contributed by atoms with van der Waals surface area (Å²) in [5, 5.41) is 2.81. The summed E-state index contributed by atoms with van der Waals surface area (Å²) in [4.78, 5) is 25.8. The number of anilines is 1. The first-order valence-electron chi connectivity index (χ1n) is 7.65. The molecular formula is C19H17NO3S. The Morgan fingerprint density at radius 3 is 2.67 bits per heavy atom. The molecule has 0 fully saturated rings. The third kappa shape index (κ3) is 3.51. The van der Waals surface area contributed by atoms with Gasteiger partial charge in [-0.15, -0.1) is 0 Å². The van der Waals surface area contributed by atoms with Gasteiger partial charge in [-0.1, -0.05) is 41.6 Å². The second kappa shape index (κ2) is 6.93. The molecule has 5 heteroatoms. The van der Waals surface area contributed by atoms with Crippen LogP contribution >= 0.6 is 11.8 Å². The fourth-order valence-corrected chi connectivity index (χ4v) is 3.26. The van der Waals surface area contributed by atoms with Gasteiger partial charge < -0.3 is 10.1 Å². The van der Waals surface area contributed by atoms with Crippen molar-refractivity contribution in [1.29, 1.82) is 0 Å². The van der Waals surface area contributed by atoms with E-state index in [-0.39, 0.29) is 11.7 Å². The zero-order valence-corrected chi connectivity index (χ0v) is 14.3. The van der Waals surface area contributed by atoms with Gasteiger partial charge in [-0.2, -0.15) is 0 Å². The number of thioether (sulfide) groups is 1. The molecule has 0 aromatic heterocycles. The van der Waals surface area contributed by atoms with Crippen molar-refractivity contribution in [2.24, 2.45) is 0 Å². The van der Waals surface area contributed by atoms with E-state index in [1.54, 1.807) is 12.1 Å². The molecule has 0 radical (unpaired) electrons. The molecule has 24 heavy (non-hydrogen) atoms. The van der Waals surface area contributed by atoms with Crippen molar-refractivity contribution in [2.75, 3.05) is 11.9 Å². The highest BCUT2D eigenvalue weighted by atomic mass is 32.2. The van der Waals surface area contributed by atoms with Gasteiger partial charge in [0.1, 0.15) is 5.75 Å². The van der Waals surface area contributed by atoms with Gasteiger partial charge >= 0.3 is 0 Å². The lowest BCUT2D eigenvalue weighted by atomic mass is 10.1. The molecule has 1 N–H and O–H groups in total. The maximum Gasteiger partial charge on any atom is 0.262 e. The molecule has 1 heterocycles. The second-order valence-electron chi connectivity index (χ2n) is 5.39. The van der Waals surface area contributed by atoms with E-state index in [9.17, 15) is 9.59 Å². The minimum atomic E-state index is -0.267. The molecule has 122 valence electrons. The van der Waals surface area contributed by atoms with Crippen LogP contribution in [0.3, 0.4) is 0 Å². The predicted molar refractivity (Wildman–Crippen MR) is 95.7 cm³/mol. The smallest absolute Gasteiger partial charge is 0.262 e. The third-order valence-corrected chi connectivity index (χ3v) is 4.64. The summed E-state index contributed by atoms with van der Waals surface area (Å²) in [5.74, 6) is 0.290. The number of ether oxygens (including phenoxy) is 1. The van der Waals surface area contributed by atoms with E-state index in [0.29, 0.717) is 17.1 Å². The highest BCUT2D eigenvalue weighted by Gasteiger charge is 2.22. The average Bonchev–Trinajstić information content (AvgIpc) is 2.56. The van der Waals surface area contributed by atoms with Crippen LogP contribution in [0.15, 0.2) is 58.3 Å². The number of rotatable bonds is 4. The summed E-state index contributed by atoms with van der Waals surface area (Å²) in [6.45, 7) is 4.45. The Kier molecular flexibility index (Phi) is 4.71. The number of hydrogen-bond acceptors (Lipinski definition) is 4. The molecule has 4 nitrogen and oxygen atoms in total. The summed E-state index contributed by atoms with van der Waals surface area (Å²) in [7, 11) is 0. The number of hydrogen-bond donors (Lipinski definition) is 1. The van der Waals surface area contributed by atoms with Gasteiger partial charge in [0, 0.05) is 16.5 Å². The van der Waals surface area contributed by atoms with Crippen LogP contribution in [-0.2, 0) is 4.79 Å². The van der Waals surface area contributed by atoms with E-state index in [2.05, 4.69) is 5.32 Å². The van der Waals surface area contributed by atoms with Crippen molar-refractivity contribution >= 4 is 29.1 Å². The Labute approximate surface area is 144 Å². The third-order valence-electron chi connectivity index (χ3n) is 3.55. The molecule has 3 rings (SSSR count). The van der Waals surface area contributed by atoms with E-state index in [1.165, 1.54) is 17.8 Å². The Bertz CT molecular complexity index is 825. The van der Waals surface area contributed by atoms with E-state index < -0.39 is 0 Å². The first-order chi connectivity index (χ1) is 11.6. The van der Waals surface area contributed by atoms with Gasteiger partial charge in [0.25, 0.3) is 5.91 Å². The van der Waals surface area contributed by atoms with E-state index in [4.69, 9.17) is 4.74 Å². The zero-order valence-electron chi connectivity index (χ0n) is 13.5. The normalized spacial score (nSPS) is 14.9. The van der Waals surface area contributed by atoms with Crippen molar-refractivity contribution < 1.29 is 14.3 Å². The van der Waals surface area contributed by atoms with Gasteiger partial charge in [0.15, 0.2) is 5.78 Å². The Morgan fingerprint density at radius 1 is 1.21 bits per heavy atom. The number of carbonyl (C=O) groups excluding carboxylic acids is 2. The molecule has 1 aliphatic heterocycles. The SMILES string of the molecule is CCOc1ccc2c(c1)S/C(=C\C(=O)c1ccc(C)cc1)C(=O)N2. The quantitative estimate of drug-likeness (QED) is 0.670. The maximum absolute atomic E-state index is 12.4. The Morgan fingerprint density at radius 2 is 1.96 bits per heavy atom. The number of benzene rings is 2. The molecular weight excluding hydrogens is 322 g/mol. The van der Waals surface area contributed by atoms with Gasteiger partial charge in [-0.3, -0.25) is 9.59 Å². The summed E-state index contributed by atoms with van der Waals surface area (Å²) in [6.07, 6.45) is 1.39. The molecule has 0 aliphatic carbocycles. The summed E-state index contributed by atoms with van der Waals surface area (Å²) >= 11 is 1.28. The molecule has 1 aliphatic rings. The highest BCUT2D eigenvalue weighted by Crippen LogP contribution is 2.40. The minimum absolute atomic E-state index is 0.183. The Hall–Kier alpha value is -2.53. The van der Waals surface area contributed by atoms with Crippen LogP contribution in [0, 0.1) is 6.92 Å². The zero-order chi connectivity index (χ0) is 17.1. The van der Waals surface area contributed by atoms with E-state index in [0.717, 1.165) is 21.9 Å². The first-order valence-corrected chi connectivity index (χ1v) is 8.47. The van der Waals surface area contributed by atoms with Crippen molar-refractivity contribution in [3.8, 4) is 5.75 Å². The van der Waals surface area contributed by atoms with Crippen LogP contribution < -0.4 is 10.1 Å². The molecule has 2 aromatic carbocycles. The monoisotopic (exact) mass is 339 g/mol. The fourth-order valence-electron chi connectivity index (χ4n) is 2.31. The van der Waals surface area contributed by atoms with E-state index in [1.807, 2.05) is 44.2 Å². The summed E-state index contributed by atoms with van der Waals surface area (Å²) < 4.78 is 5.48. The molecule has 0 saturated heterocycles.